The molecule has 0 fully saturated rings. The average molecular weight is 483 g/mol. The van der Waals surface area contributed by atoms with Crippen molar-refractivity contribution >= 4 is 21.6 Å². The average Bonchev–Trinajstić information content (AvgIpc) is 2.81. The Balaban J connectivity index is 1.60. The lowest BCUT2D eigenvalue weighted by atomic mass is 10.1. The van der Waals surface area contributed by atoms with Crippen molar-refractivity contribution < 1.29 is 22.7 Å². The molecule has 0 aliphatic carbocycles. The zero-order chi connectivity index (χ0) is 24.7. The molecule has 7 nitrogen and oxygen atoms in total. The summed E-state index contributed by atoms with van der Waals surface area (Å²) in [5.74, 6) is 1.04. The summed E-state index contributed by atoms with van der Waals surface area (Å²) in [7, 11) is -2.06. The topological polar surface area (TPSA) is 84.9 Å². The van der Waals surface area contributed by atoms with E-state index in [-0.39, 0.29) is 12.5 Å². The van der Waals surface area contributed by atoms with Crippen molar-refractivity contribution in [3.63, 3.8) is 0 Å². The first-order chi connectivity index (χ1) is 16.2. The van der Waals surface area contributed by atoms with Crippen LogP contribution in [0.3, 0.4) is 0 Å². The predicted molar refractivity (Wildman–Crippen MR) is 134 cm³/mol. The molecule has 1 N–H and O–H groups in total. The minimum atomic E-state index is -3.56. The molecule has 0 aromatic heterocycles. The van der Waals surface area contributed by atoms with Crippen LogP contribution < -0.4 is 19.1 Å². The van der Waals surface area contributed by atoms with E-state index in [2.05, 4.69) is 5.32 Å². The number of aryl methyl sites for hydroxylation is 2. The molecule has 0 saturated heterocycles. The van der Waals surface area contributed by atoms with Gasteiger partial charge in [-0.3, -0.25) is 9.10 Å². The van der Waals surface area contributed by atoms with Gasteiger partial charge in [-0.15, -0.1) is 0 Å². The Labute approximate surface area is 201 Å². The lowest BCUT2D eigenvalue weighted by Gasteiger charge is -2.24. The van der Waals surface area contributed by atoms with E-state index in [4.69, 9.17) is 9.47 Å². The number of nitrogens with zero attached hydrogens (tertiary/aromatic N) is 1. The normalized spacial score (nSPS) is 11.1. The number of para-hydroxylation sites is 2. The van der Waals surface area contributed by atoms with E-state index in [0.29, 0.717) is 30.2 Å². The predicted octanol–water partition coefficient (Wildman–Crippen LogP) is 4.09. The number of rotatable bonds is 10. The molecule has 8 heteroatoms. The number of anilines is 1. The summed E-state index contributed by atoms with van der Waals surface area (Å²) in [5.41, 5.74) is 3.91. The van der Waals surface area contributed by atoms with Gasteiger partial charge >= 0.3 is 0 Å². The largest absolute Gasteiger partial charge is 0.495 e. The van der Waals surface area contributed by atoms with E-state index >= 15 is 0 Å². The number of hydrogen-bond donors (Lipinski definition) is 1. The Morgan fingerprint density at radius 1 is 0.971 bits per heavy atom. The van der Waals surface area contributed by atoms with Crippen LogP contribution in [0, 0.1) is 13.8 Å². The number of amides is 1. The first-order valence-electron chi connectivity index (χ1n) is 10.9. The van der Waals surface area contributed by atoms with Gasteiger partial charge in [0, 0.05) is 5.56 Å². The molecule has 0 spiro atoms. The van der Waals surface area contributed by atoms with Crippen LogP contribution in [-0.4, -0.2) is 40.8 Å². The van der Waals surface area contributed by atoms with Crippen LogP contribution in [0.4, 0.5) is 5.69 Å². The highest BCUT2D eigenvalue weighted by molar-refractivity contribution is 7.92. The number of hydrogen-bond acceptors (Lipinski definition) is 5. The van der Waals surface area contributed by atoms with Crippen molar-refractivity contribution in [1.29, 1.82) is 0 Å². The number of sulfonamides is 1. The van der Waals surface area contributed by atoms with Crippen LogP contribution in [0.5, 0.6) is 11.5 Å². The van der Waals surface area contributed by atoms with Gasteiger partial charge in [0.25, 0.3) is 5.91 Å². The van der Waals surface area contributed by atoms with Crippen LogP contribution in [0.15, 0.2) is 66.7 Å². The second-order valence-corrected chi connectivity index (χ2v) is 9.92. The minimum absolute atomic E-state index is 0.116. The summed E-state index contributed by atoms with van der Waals surface area (Å²) in [4.78, 5) is 12.5. The van der Waals surface area contributed by atoms with Crippen LogP contribution in [0.1, 0.15) is 27.0 Å². The standard InChI is InChI=1S/C26H30N2O5S/c1-19-9-14-24(20(2)17-19)33-16-15-27-26(29)22-12-10-21(11-13-22)18-28(34(4,30)31)23-7-5-6-8-25(23)32-3/h5-14,17H,15-16,18H2,1-4H3,(H,27,29). The maximum atomic E-state index is 12.5. The molecule has 0 saturated carbocycles. The maximum Gasteiger partial charge on any atom is 0.251 e. The van der Waals surface area contributed by atoms with Gasteiger partial charge in [-0.2, -0.15) is 0 Å². The Kier molecular flexibility index (Phi) is 8.17. The van der Waals surface area contributed by atoms with Crippen LogP contribution in [-0.2, 0) is 16.6 Å². The smallest absolute Gasteiger partial charge is 0.251 e. The summed E-state index contributed by atoms with van der Waals surface area (Å²) in [6, 6.07) is 19.8. The zero-order valence-corrected chi connectivity index (χ0v) is 20.7. The van der Waals surface area contributed by atoms with Crippen LogP contribution >= 0.6 is 0 Å². The van der Waals surface area contributed by atoms with E-state index < -0.39 is 10.0 Å². The third-order valence-corrected chi connectivity index (χ3v) is 6.40. The molecule has 180 valence electrons. The third kappa shape index (κ3) is 6.51. The van der Waals surface area contributed by atoms with Crippen molar-refractivity contribution in [2.75, 3.05) is 30.8 Å². The number of carbonyl (C=O) groups excluding carboxylic acids is 1. The summed E-state index contributed by atoms with van der Waals surface area (Å²) in [6.07, 6.45) is 1.15. The third-order valence-electron chi connectivity index (χ3n) is 5.27. The fourth-order valence-corrected chi connectivity index (χ4v) is 4.42. The lowest BCUT2D eigenvalue weighted by molar-refractivity contribution is 0.0947. The molecule has 3 aromatic carbocycles. The number of ether oxygens (including phenoxy) is 2. The highest BCUT2D eigenvalue weighted by Crippen LogP contribution is 2.30. The van der Waals surface area contributed by atoms with Gasteiger partial charge in [-0.05, 0) is 55.3 Å². The molecular weight excluding hydrogens is 452 g/mol. The van der Waals surface area contributed by atoms with Crippen molar-refractivity contribution in [3.8, 4) is 11.5 Å². The molecular formula is C26H30N2O5S. The highest BCUT2D eigenvalue weighted by Gasteiger charge is 2.21. The summed E-state index contributed by atoms with van der Waals surface area (Å²) in [6.45, 7) is 4.85. The second kappa shape index (κ2) is 11.1. The summed E-state index contributed by atoms with van der Waals surface area (Å²) in [5, 5.41) is 2.84. The molecule has 0 aliphatic rings. The van der Waals surface area contributed by atoms with Gasteiger partial charge < -0.3 is 14.8 Å². The molecule has 0 aliphatic heterocycles. The van der Waals surface area contributed by atoms with E-state index in [1.807, 2.05) is 32.0 Å². The van der Waals surface area contributed by atoms with Crippen molar-refractivity contribution in [2.45, 2.75) is 20.4 Å². The number of carbonyl (C=O) groups is 1. The molecule has 1 amide bonds. The van der Waals surface area contributed by atoms with Gasteiger partial charge in [0.2, 0.25) is 10.0 Å². The fraction of sp³-hybridized carbons (Fsp3) is 0.269. The molecule has 0 heterocycles. The Hall–Kier alpha value is -3.52. The molecule has 0 atom stereocenters. The second-order valence-electron chi connectivity index (χ2n) is 8.01. The highest BCUT2D eigenvalue weighted by atomic mass is 32.2. The number of methoxy groups -OCH3 is 1. The van der Waals surface area contributed by atoms with Crippen molar-refractivity contribution in [1.82, 2.24) is 5.32 Å². The van der Waals surface area contributed by atoms with Gasteiger partial charge in [0.1, 0.15) is 18.1 Å². The van der Waals surface area contributed by atoms with Gasteiger partial charge in [0.05, 0.1) is 32.1 Å². The number of benzene rings is 3. The summed E-state index contributed by atoms with van der Waals surface area (Å²) < 4.78 is 37.3. The van der Waals surface area contributed by atoms with E-state index in [0.717, 1.165) is 23.1 Å². The van der Waals surface area contributed by atoms with Crippen LogP contribution in [0.25, 0.3) is 0 Å². The van der Waals surface area contributed by atoms with Crippen molar-refractivity contribution in [3.05, 3.63) is 89.0 Å². The molecule has 0 radical (unpaired) electrons. The quantitative estimate of drug-likeness (QED) is 0.440. The first-order valence-corrected chi connectivity index (χ1v) is 12.7. The lowest BCUT2D eigenvalue weighted by Crippen LogP contribution is -2.30. The molecule has 3 rings (SSSR count). The molecule has 3 aromatic rings. The molecule has 34 heavy (non-hydrogen) atoms. The molecule has 0 unspecified atom stereocenters. The van der Waals surface area contributed by atoms with Gasteiger partial charge in [-0.25, -0.2) is 8.42 Å². The maximum absolute atomic E-state index is 12.5. The minimum Gasteiger partial charge on any atom is -0.495 e. The summed E-state index contributed by atoms with van der Waals surface area (Å²) >= 11 is 0. The van der Waals surface area contributed by atoms with E-state index in [1.165, 1.54) is 17.0 Å². The van der Waals surface area contributed by atoms with Gasteiger partial charge in [-0.1, -0.05) is 42.0 Å². The zero-order valence-electron chi connectivity index (χ0n) is 19.9. The molecule has 0 bridgehead atoms. The Morgan fingerprint density at radius 2 is 1.68 bits per heavy atom. The Morgan fingerprint density at radius 3 is 2.32 bits per heavy atom. The van der Waals surface area contributed by atoms with Gasteiger partial charge in [0.15, 0.2) is 0 Å². The fourth-order valence-electron chi connectivity index (χ4n) is 3.53. The first kappa shape index (κ1) is 25.1. The van der Waals surface area contributed by atoms with E-state index in [1.54, 1.807) is 48.5 Å². The van der Waals surface area contributed by atoms with Crippen LogP contribution in [0.2, 0.25) is 0 Å². The van der Waals surface area contributed by atoms with Crippen molar-refractivity contribution in [2.24, 2.45) is 0 Å². The monoisotopic (exact) mass is 482 g/mol. The Bertz CT molecular complexity index is 1240. The van der Waals surface area contributed by atoms with E-state index in [9.17, 15) is 13.2 Å². The SMILES string of the molecule is COc1ccccc1N(Cc1ccc(C(=O)NCCOc2ccc(C)cc2C)cc1)S(C)(=O)=O. The number of nitrogens with one attached hydrogen (secondary N) is 1.